The van der Waals surface area contributed by atoms with Gasteiger partial charge in [0.05, 0.1) is 12.7 Å². The van der Waals surface area contributed by atoms with Crippen molar-refractivity contribution in [2.24, 2.45) is 0 Å². The fourth-order valence-corrected chi connectivity index (χ4v) is 2.00. The number of anilines is 1. The van der Waals surface area contributed by atoms with E-state index in [1.807, 2.05) is 27.0 Å². The highest BCUT2D eigenvalue weighted by molar-refractivity contribution is 5.31. The Kier molecular flexibility index (Phi) is 3.91. The molecule has 1 aliphatic heterocycles. The zero-order chi connectivity index (χ0) is 12.3. The van der Waals surface area contributed by atoms with Gasteiger partial charge in [-0.3, -0.25) is 0 Å². The van der Waals surface area contributed by atoms with Gasteiger partial charge in [0.15, 0.2) is 0 Å². The molecule has 5 nitrogen and oxygen atoms in total. The van der Waals surface area contributed by atoms with Crippen LogP contribution in [0, 0.1) is 13.8 Å². The molecule has 0 bridgehead atoms. The first-order chi connectivity index (χ1) is 8.15. The molecule has 0 aliphatic carbocycles. The molecular formula is C12H20N4O. The molecule has 1 aromatic rings. The van der Waals surface area contributed by atoms with Crippen LogP contribution in [0.3, 0.4) is 0 Å². The zero-order valence-electron chi connectivity index (χ0n) is 10.7. The van der Waals surface area contributed by atoms with E-state index in [1.54, 1.807) is 0 Å². The summed E-state index contributed by atoms with van der Waals surface area (Å²) < 4.78 is 5.67. The van der Waals surface area contributed by atoms with Crippen molar-refractivity contribution in [2.45, 2.75) is 20.0 Å². The van der Waals surface area contributed by atoms with Crippen LogP contribution in [0.1, 0.15) is 11.4 Å². The Bertz CT molecular complexity index is 357. The molecule has 2 rings (SSSR count). The first-order valence-corrected chi connectivity index (χ1v) is 6.01. The van der Waals surface area contributed by atoms with E-state index in [4.69, 9.17) is 4.74 Å². The molecule has 1 fully saturated rings. The molecular weight excluding hydrogens is 216 g/mol. The molecule has 1 atom stereocenters. The van der Waals surface area contributed by atoms with Crippen LogP contribution in [0.4, 0.5) is 5.95 Å². The molecule has 1 aromatic heterocycles. The highest BCUT2D eigenvalue weighted by Crippen LogP contribution is 2.09. The third-order valence-electron chi connectivity index (χ3n) is 2.79. The van der Waals surface area contributed by atoms with Gasteiger partial charge in [0, 0.05) is 38.1 Å². The van der Waals surface area contributed by atoms with E-state index in [2.05, 4.69) is 20.2 Å². The number of aryl methyl sites for hydroxylation is 2. The summed E-state index contributed by atoms with van der Waals surface area (Å²) in [5, 5.41) is 3.32. The van der Waals surface area contributed by atoms with E-state index < -0.39 is 0 Å². The number of nitrogens with zero attached hydrogens (tertiary/aromatic N) is 3. The van der Waals surface area contributed by atoms with Crippen LogP contribution >= 0.6 is 0 Å². The fraction of sp³-hybridized carbons (Fsp3) is 0.667. The summed E-state index contributed by atoms with van der Waals surface area (Å²) in [6, 6.07) is 1.98. The average molecular weight is 236 g/mol. The van der Waals surface area contributed by atoms with Gasteiger partial charge >= 0.3 is 0 Å². The number of aromatic nitrogens is 2. The normalized spacial score (nSPS) is 20.3. The van der Waals surface area contributed by atoms with E-state index in [1.165, 1.54) is 0 Å². The van der Waals surface area contributed by atoms with Crippen molar-refractivity contribution >= 4 is 5.95 Å². The molecule has 1 unspecified atom stereocenters. The van der Waals surface area contributed by atoms with Gasteiger partial charge in [0.2, 0.25) is 5.95 Å². The van der Waals surface area contributed by atoms with E-state index >= 15 is 0 Å². The van der Waals surface area contributed by atoms with Gasteiger partial charge in [0.25, 0.3) is 0 Å². The van der Waals surface area contributed by atoms with Gasteiger partial charge in [-0.15, -0.1) is 0 Å². The highest BCUT2D eigenvalue weighted by Gasteiger charge is 2.17. The Morgan fingerprint density at radius 3 is 2.71 bits per heavy atom. The third-order valence-corrected chi connectivity index (χ3v) is 2.79. The summed E-state index contributed by atoms with van der Waals surface area (Å²) in [6.07, 6.45) is 0.221. The molecule has 0 amide bonds. The molecule has 94 valence electrons. The maximum Gasteiger partial charge on any atom is 0.225 e. The van der Waals surface area contributed by atoms with Crippen LogP contribution in [0.15, 0.2) is 6.07 Å². The van der Waals surface area contributed by atoms with Crippen LogP contribution < -0.4 is 10.2 Å². The largest absolute Gasteiger partial charge is 0.374 e. The number of hydrogen-bond acceptors (Lipinski definition) is 5. The molecule has 0 spiro atoms. The lowest BCUT2D eigenvalue weighted by Gasteiger charge is -2.28. The summed E-state index contributed by atoms with van der Waals surface area (Å²) in [5.74, 6) is 0.775. The summed E-state index contributed by atoms with van der Waals surface area (Å²) in [6.45, 7) is 7.42. The maximum atomic E-state index is 5.67. The minimum absolute atomic E-state index is 0.221. The number of morpholine rings is 1. The lowest BCUT2D eigenvalue weighted by atomic mass is 10.3. The lowest BCUT2D eigenvalue weighted by Crippen LogP contribution is -2.44. The second kappa shape index (κ2) is 5.42. The molecule has 17 heavy (non-hydrogen) atoms. The van der Waals surface area contributed by atoms with E-state index in [0.717, 1.165) is 43.6 Å². The summed E-state index contributed by atoms with van der Waals surface area (Å²) in [7, 11) is 2.01. The Labute approximate surface area is 102 Å². The topological polar surface area (TPSA) is 50.3 Å². The summed E-state index contributed by atoms with van der Waals surface area (Å²) >= 11 is 0. The Morgan fingerprint density at radius 2 is 2.12 bits per heavy atom. The predicted molar refractivity (Wildman–Crippen MR) is 67.4 cm³/mol. The molecule has 0 saturated carbocycles. The average Bonchev–Trinajstić information content (AvgIpc) is 2.29. The standard InChI is InChI=1S/C12H20N4O/c1-9-6-10(2)15-12(14-9)16(3)8-11-7-13-4-5-17-11/h6,11,13H,4-5,7-8H2,1-3H3. The van der Waals surface area contributed by atoms with Crippen LogP contribution in [0.25, 0.3) is 0 Å². The quantitative estimate of drug-likeness (QED) is 0.829. The van der Waals surface area contributed by atoms with Gasteiger partial charge in [-0.2, -0.15) is 0 Å². The fourth-order valence-electron chi connectivity index (χ4n) is 2.00. The van der Waals surface area contributed by atoms with Crippen molar-refractivity contribution in [3.05, 3.63) is 17.5 Å². The molecule has 1 aliphatic rings. The van der Waals surface area contributed by atoms with Gasteiger partial charge in [0.1, 0.15) is 0 Å². The molecule has 2 heterocycles. The first-order valence-electron chi connectivity index (χ1n) is 6.01. The van der Waals surface area contributed by atoms with Crippen molar-refractivity contribution < 1.29 is 4.74 Å². The van der Waals surface area contributed by atoms with Gasteiger partial charge in [-0.1, -0.05) is 0 Å². The molecule has 1 N–H and O–H groups in total. The van der Waals surface area contributed by atoms with Crippen LogP contribution in [-0.2, 0) is 4.74 Å². The number of ether oxygens (including phenoxy) is 1. The minimum atomic E-state index is 0.221. The van der Waals surface area contributed by atoms with E-state index in [9.17, 15) is 0 Å². The van der Waals surface area contributed by atoms with Crippen molar-refractivity contribution in [2.75, 3.05) is 38.2 Å². The van der Waals surface area contributed by atoms with E-state index in [0.29, 0.717) is 0 Å². The number of nitrogens with one attached hydrogen (secondary N) is 1. The van der Waals surface area contributed by atoms with E-state index in [-0.39, 0.29) is 6.10 Å². The first kappa shape index (κ1) is 12.3. The number of hydrogen-bond donors (Lipinski definition) is 1. The Hall–Kier alpha value is -1.20. The number of likely N-dealkylation sites (N-methyl/N-ethyl adjacent to an activating group) is 1. The van der Waals surface area contributed by atoms with Crippen molar-refractivity contribution in [3.8, 4) is 0 Å². The highest BCUT2D eigenvalue weighted by atomic mass is 16.5. The van der Waals surface area contributed by atoms with Crippen molar-refractivity contribution in [1.29, 1.82) is 0 Å². The zero-order valence-corrected chi connectivity index (χ0v) is 10.7. The predicted octanol–water partition coefficient (Wildman–Crippen LogP) is 0.518. The monoisotopic (exact) mass is 236 g/mol. The second-order valence-corrected chi connectivity index (χ2v) is 4.53. The summed E-state index contributed by atoms with van der Waals surface area (Å²) in [5.41, 5.74) is 2.00. The minimum Gasteiger partial charge on any atom is -0.374 e. The van der Waals surface area contributed by atoms with Crippen molar-refractivity contribution in [3.63, 3.8) is 0 Å². The van der Waals surface area contributed by atoms with Crippen LogP contribution in [0.5, 0.6) is 0 Å². The van der Waals surface area contributed by atoms with Gasteiger partial charge < -0.3 is 15.0 Å². The Balaban J connectivity index is 2.00. The molecule has 0 radical (unpaired) electrons. The molecule has 1 saturated heterocycles. The van der Waals surface area contributed by atoms with Crippen LogP contribution in [-0.4, -0.2) is 49.4 Å². The molecule has 5 heteroatoms. The van der Waals surface area contributed by atoms with Crippen molar-refractivity contribution in [1.82, 2.24) is 15.3 Å². The van der Waals surface area contributed by atoms with Crippen LogP contribution in [0.2, 0.25) is 0 Å². The smallest absolute Gasteiger partial charge is 0.225 e. The molecule has 0 aromatic carbocycles. The summed E-state index contributed by atoms with van der Waals surface area (Å²) in [4.78, 5) is 10.9. The Morgan fingerprint density at radius 1 is 1.41 bits per heavy atom. The lowest BCUT2D eigenvalue weighted by molar-refractivity contribution is 0.0338. The van der Waals surface area contributed by atoms with Gasteiger partial charge in [-0.05, 0) is 19.9 Å². The third kappa shape index (κ3) is 3.38. The maximum absolute atomic E-state index is 5.67. The number of rotatable bonds is 3. The second-order valence-electron chi connectivity index (χ2n) is 4.53. The van der Waals surface area contributed by atoms with Gasteiger partial charge in [-0.25, -0.2) is 9.97 Å². The SMILES string of the molecule is Cc1cc(C)nc(N(C)CC2CNCCO2)n1.